The van der Waals surface area contributed by atoms with Gasteiger partial charge in [0.05, 0.1) is 13.2 Å². The van der Waals surface area contributed by atoms with E-state index in [1.54, 1.807) is 0 Å². The molecule has 4 heteroatoms. The lowest BCUT2D eigenvalue weighted by Gasteiger charge is -2.17. The molecule has 0 aromatic carbocycles. The number of hydrogen-bond acceptors (Lipinski definition) is 4. The van der Waals surface area contributed by atoms with E-state index in [4.69, 9.17) is 4.74 Å². The van der Waals surface area contributed by atoms with Gasteiger partial charge in [-0.2, -0.15) is 0 Å². The number of likely N-dealkylation sites (N-methyl/N-ethyl adjacent to an activating group) is 1. The number of nitrogens with zero attached hydrogens (tertiary/aromatic N) is 1. The van der Waals surface area contributed by atoms with Gasteiger partial charge in [0.15, 0.2) is 0 Å². The predicted octanol–water partition coefficient (Wildman–Crippen LogP) is 2.63. The fraction of sp³-hybridized carbons (Fsp3) is 0.714. The Morgan fingerprint density at radius 2 is 2.06 bits per heavy atom. The SMILES string of the molecule is CCN(CC)CCOCc1cc(CNC)sc1C. The van der Waals surface area contributed by atoms with Gasteiger partial charge in [0.25, 0.3) is 0 Å². The largest absolute Gasteiger partial charge is 0.375 e. The third kappa shape index (κ3) is 5.06. The summed E-state index contributed by atoms with van der Waals surface area (Å²) in [6.07, 6.45) is 0. The van der Waals surface area contributed by atoms with Gasteiger partial charge >= 0.3 is 0 Å². The number of aryl methyl sites for hydroxylation is 1. The van der Waals surface area contributed by atoms with Crippen LogP contribution in [0.3, 0.4) is 0 Å². The van der Waals surface area contributed by atoms with Gasteiger partial charge in [-0.3, -0.25) is 0 Å². The van der Waals surface area contributed by atoms with E-state index in [0.717, 1.165) is 39.4 Å². The highest BCUT2D eigenvalue weighted by atomic mass is 32.1. The van der Waals surface area contributed by atoms with E-state index in [-0.39, 0.29) is 0 Å². The minimum absolute atomic E-state index is 0.743. The standard InChI is InChI=1S/C14H26N2OS/c1-5-16(6-2)7-8-17-11-13-9-14(10-15-4)18-12(13)3/h9,15H,5-8,10-11H2,1-4H3. The van der Waals surface area contributed by atoms with Crippen molar-refractivity contribution in [3.05, 3.63) is 21.4 Å². The van der Waals surface area contributed by atoms with Gasteiger partial charge in [0.2, 0.25) is 0 Å². The molecule has 1 heterocycles. The summed E-state index contributed by atoms with van der Waals surface area (Å²) in [5.41, 5.74) is 1.34. The molecule has 0 unspecified atom stereocenters. The van der Waals surface area contributed by atoms with E-state index in [1.165, 1.54) is 15.3 Å². The molecule has 0 amide bonds. The van der Waals surface area contributed by atoms with E-state index in [1.807, 2.05) is 18.4 Å². The van der Waals surface area contributed by atoms with Gasteiger partial charge in [0, 0.05) is 22.8 Å². The van der Waals surface area contributed by atoms with Crippen LogP contribution < -0.4 is 5.32 Å². The third-order valence-electron chi connectivity index (χ3n) is 3.13. The number of rotatable bonds is 9. The lowest BCUT2D eigenvalue weighted by molar-refractivity contribution is 0.0955. The van der Waals surface area contributed by atoms with Crippen LogP contribution in [0.25, 0.3) is 0 Å². The lowest BCUT2D eigenvalue weighted by Crippen LogP contribution is -2.26. The van der Waals surface area contributed by atoms with Gasteiger partial charge in [-0.25, -0.2) is 0 Å². The Morgan fingerprint density at radius 3 is 2.67 bits per heavy atom. The van der Waals surface area contributed by atoms with Crippen LogP contribution in [0, 0.1) is 6.92 Å². The Kier molecular flexibility index (Phi) is 7.51. The van der Waals surface area contributed by atoms with E-state index >= 15 is 0 Å². The van der Waals surface area contributed by atoms with Crippen LogP contribution in [0.5, 0.6) is 0 Å². The number of hydrogen-bond donors (Lipinski definition) is 1. The van der Waals surface area contributed by atoms with Crippen LogP contribution in [-0.2, 0) is 17.9 Å². The second kappa shape index (κ2) is 8.64. The average Bonchev–Trinajstić information content (AvgIpc) is 2.71. The lowest BCUT2D eigenvalue weighted by atomic mass is 10.2. The molecule has 1 aromatic heterocycles. The van der Waals surface area contributed by atoms with E-state index in [0.29, 0.717) is 0 Å². The Hall–Kier alpha value is -0.420. The summed E-state index contributed by atoms with van der Waals surface area (Å²) >= 11 is 1.86. The maximum Gasteiger partial charge on any atom is 0.0728 e. The fourth-order valence-corrected chi connectivity index (χ4v) is 2.97. The van der Waals surface area contributed by atoms with Gasteiger partial charge in [-0.1, -0.05) is 13.8 Å². The normalized spacial score (nSPS) is 11.4. The summed E-state index contributed by atoms with van der Waals surface area (Å²) < 4.78 is 5.77. The highest BCUT2D eigenvalue weighted by molar-refractivity contribution is 7.12. The molecule has 104 valence electrons. The van der Waals surface area contributed by atoms with Crippen LogP contribution in [0.4, 0.5) is 0 Å². The number of ether oxygens (including phenoxy) is 1. The van der Waals surface area contributed by atoms with Gasteiger partial charge < -0.3 is 15.0 Å². The summed E-state index contributed by atoms with van der Waals surface area (Å²) in [6.45, 7) is 12.3. The summed E-state index contributed by atoms with van der Waals surface area (Å²) in [6, 6.07) is 2.26. The van der Waals surface area contributed by atoms with Gasteiger partial charge in [0.1, 0.15) is 0 Å². The van der Waals surface area contributed by atoms with Crippen molar-refractivity contribution in [2.45, 2.75) is 33.9 Å². The Bertz CT molecular complexity index is 335. The summed E-state index contributed by atoms with van der Waals surface area (Å²) in [5.74, 6) is 0. The molecule has 0 radical (unpaired) electrons. The predicted molar refractivity (Wildman–Crippen MR) is 79.3 cm³/mol. The molecule has 1 N–H and O–H groups in total. The van der Waals surface area contributed by atoms with Crippen molar-refractivity contribution in [2.75, 3.05) is 33.3 Å². The Labute approximate surface area is 115 Å². The summed E-state index contributed by atoms with van der Waals surface area (Å²) in [7, 11) is 1.98. The minimum Gasteiger partial charge on any atom is -0.375 e. The molecule has 0 atom stereocenters. The van der Waals surface area contributed by atoms with Crippen molar-refractivity contribution in [1.29, 1.82) is 0 Å². The number of nitrogens with one attached hydrogen (secondary N) is 1. The molecule has 0 saturated heterocycles. The molecular formula is C14H26N2OS. The minimum atomic E-state index is 0.743. The van der Waals surface area contributed by atoms with E-state index < -0.39 is 0 Å². The van der Waals surface area contributed by atoms with Crippen molar-refractivity contribution in [2.24, 2.45) is 0 Å². The van der Waals surface area contributed by atoms with Gasteiger partial charge in [-0.15, -0.1) is 11.3 Å². The van der Waals surface area contributed by atoms with Crippen molar-refractivity contribution in [3.8, 4) is 0 Å². The smallest absolute Gasteiger partial charge is 0.0728 e. The molecular weight excluding hydrogens is 244 g/mol. The molecule has 3 nitrogen and oxygen atoms in total. The zero-order chi connectivity index (χ0) is 13.4. The first kappa shape index (κ1) is 15.6. The average molecular weight is 270 g/mol. The quantitative estimate of drug-likeness (QED) is 0.698. The molecule has 18 heavy (non-hydrogen) atoms. The summed E-state index contributed by atoms with van der Waals surface area (Å²) in [5, 5.41) is 3.18. The second-order valence-corrected chi connectivity index (χ2v) is 5.74. The Morgan fingerprint density at radius 1 is 1.33 bits per heavy atom. The molecule has 0 spiro atoms. The fourth-order valence-electron chi connectivity index (χ4n) is 1.91. The third-order valence-corrected chi connectivity index (χ3v) is 4.22. The van der Waals surface area contributed by atoms with Crippen LogP contribution in [0.2, 0.25) is 0 Å². The molecule has 0 aliphatic heterocycles. The van der Waals surface area contributed by atoms with Gasteiger partial charge in [-0.05, 0) is 38.7 Å². The molecule has 0 aliphatic carbocycles. The number of thiophene rings is 1. The van der Waals surface area contributed by atoms with Crippen molar-refractivity contribution in [3.63, 3.8) is 0 Å². The highest BCUT2D eigenvalue weighted by Crippen LogP contribution is 2.22. The molecule has 0 bridgehead atoms. The first-order valence-corrected chi connectivity index (χ1v) is 7.55. The van der Waals surface area contributed by atoms with Crippen LogP contribution in [0.1, 0.15) is 29.2 Å². The van der Waals surface area contributed by atoms with Crippen molar-refractivity contribution >= 4 is 11.3 Å². The molecule has 1 rings (SSSR count). The molecule has 0 fully saturated rings. The van der Waals surface area contributed by atoms with Crippen molar-refractivity contribution in [1.82, 2.24) is 10.2 Å². The maximum atomic E-state index is 5.77. The van der Waals surface area contributed by atoms with Crippen LogP contribution in [0.15, 0.2) is 6.07 Å². The first-order valence-electron chi connectivity index (χ1n) is 6.74. The summed E-state index contributed by atoms with van der Waals surface area (Å²) in [4.78, 5) is 5.15. The zero-order valence-electron chi connectivity index (χ0n) is 12.1. The Balaban J connectivity index is 2.30. The molecule has 1 aromatic rings. The van der Waals surface area contributed by atoms with Crippen LogP contribution in [-0.4, -0.2) is 38.2 Å². The van der Waals surface area contributed by atoms with Crippen LogP contribution >= 0.6 is 11.3 Å². The van der Waals surface area contributed by atoms with Crippen molar-refractivity contribution < 1.29 is 4.74 Å². The topological polar surface area (TPSA) is 24.5 Å². The van der Waals surface area contributed by atoms with E-state index in [9.17, 15) is 0 Å². The second-order valence-electron chi connectivity index (χ2n) is 4.40. The molecule has 0 saturated carbocycles. The first-order chi connectivity index (χ1) is 8.71. The zero-order valence-corrected chi connectivity index (χ0v) is 12.9. The molecule has 0 aliphatic rings. The highest BCUT2D eigenvalue weighted by Gasteiger charge is 2.05. The monoisotopic (exact) mass is 270 g/mol. The maximum absolute atomic E-state index is 5.77. The van der Waals surface area contributed by atoms with E-state index in [2.05, 4.69) is 37.1 Å².